The lowest BCUT2D eigenvalue weighted by Crippen LogP contribution is -2.10. The number of carbonyl (C=O) groups excluding carboxylic acids is 2. The minimum atomic E-state index is -0.727. The summed E-state index contributed by atoms with van der Waals surface area (Å²) >= 11 is 0. The lowest BCUT2D eigenvalue weighted by molar-refractivity contribution is -0.384. The molecule has 182 valence electrons. The van der Waals surface area contributed by atoms with Crippen LogP contribution >= 0.6 is 0 Å². The predicted molar refractivity (Wildman–Crippen MR) is 128 cm³/mol. The normalized spacial score (nSPS) is 10.6. The molecule has 0 N–H and O–H groups in total. The van der Waals surface area contributed by atoms with Crippen molar-refractivity contribution in [3.8, 4) is 17.2 Å². The van der Waals surface area contributed by atoms with E-state index in [0.29, 0.717) is 11.3 Å². The maximum absolute atomic E-state index is 13.0. The molecule has 0 aliphatic rings. The number of nitrogens with zero attached hydrogens (tertiary/aromatic N) is 1. The quantitative estimate of drug-likeness (QED) is 0.148. The van der Waals surface area contributed by atoms with Gasteiger partial charge in [-0.1, -0.05) is 0 Å². The summed E-state index contributed by atoms with van der Waals surface area (Å²) in [6.07, 6.45) is 0. The van der Waals surface area contributed by atoms with Gasteiger partial charge in [-0.25, -0.2) is 9.59 Å². The molecule has 4 aromatic rings. The summed E-state index contributed by atoms with van der Waals surface area (Å²) in [4.78, 5) is 47.4. The number of esters is 2. The van der Waals surface area contributed by atoms with E-state index >= 15 is 0 Å². The molecule has 1 heterocycles. The van der Waals surface area contributed by atoms with Gasteiger partial charge in [0.15, 0.2) is 0 Å². The smallest absolute Gasteiger partial charge is 0.343 e. The van der Waals surface area contributed by atoms with Gasteiger partial charge in [0, 0.05) is 18.2 Å². The molecule has 0 aliphatic heterocycles. The van der Waals surface area contributed by atoms with Gasteiger partial charge in [-0.05, 0) is 62.4 Å². The van der Waals surface area contributed by atoms with Crippen molar-refractivity contribution in [2.75, 3.05) is 6.61 Å². The van der Waals surface area contributed by atoms with Crippen molar-refractivity contribution >= 4 is 28.6 Å². The van der Waals surface area contributed by atoms with E-state index in [0.717, 1.165) is 0 Å². The van der Waals surface area contributed by atoms with Crippen molar-refractivity contribution in [2.24, 2.45) is 0 Å². The van der Waals surface area contributed by atoms with E-state index in [1.807, 2.05) is 0 Å². The average molecular weight is 489 g/mol. The van der Waals surface area contributed by atoms with Gasteiger partial charge < -0.3 is 18.6 Å². The molecule has 0 amide bonds. The zero-order valence-electron chi connectivity index (χ0n) is 19.2. The van der Waals surface area contributed by atoms with Crippen LogP contribution < -0.4 is 14.9 Å². The molecule has 1 aromatic heterocycles. The van der Waals surface area contributed by atoms with Crippen LogP contribution in [-0.4, -0.2) is 23.5 Å². The highest BCUT2D eigenvalue weighted by Crippen LogP contribution is 2.28. The molecule has 10 nitrogen and oxygen atoms in total. The number of nitro benzene ring substituents is 1. The summed E-state index contributed by atoms with van der Waals surface area (Å²) in [5, 5.41) is 11.0. The fourth-order valence-electron chi connectivity index (χ4n) is 3.33. The number of hydrogen-bond acceptors (Lipinski definition) is 9. The van der Waals surface area contributed by atoms with Crippen molar-refractivity contribution in [1.29, 1.82) is 0 Å². The SMILES string of the molecule is CCOC(=O)c1ccc(Oc2c(C)oc3cc(OC(=O)c4ccc([N+](=O)[O-])cc4)ccc3c2=O)cc1. The van der Waals surface area contributed by atoms with E-state index in [2.05, 4.69) is 0 Å². The van der Waals surface area contributed by atoms with Crippen molar-refractivity contribution in [1.82, 2.24) is 0 Å². The van der Waals surface area contributed by atoms with Gasteiger partial charge >= 0.3 is 11.9 Å². The van der Waals surface area contributed by atoms with Crippen molar-refractivity contribution < 1.29 is 33.1 Å². The number of hydrogen-bond donors (Lipinski definition) is 0. The number of non-ortho nitro benzene ring substituents is 1. The molecule has 0 bridgehead atoms. The van der Waals surface area contributed by atoms with Crippen molar-refractivity contribution in [3.63, 3.8) is 0 Å². The molecular formula is C26H19NO9. The van der Waals surface area contributed by atoms with Crippen molar-refractivity contribution in [2.45, 2.75) is 13.8 Å². The number of nitro groups is 1. The van der Waals surface area contributed by atoms with E-state index < -0.39 is 22.3 Å². The maximum Gasteiger partial charge on any atom is 0.343 e. The zero-order chi connectivity index (χ0) is 25.8. The first-order valence-corrected chi connectivity index (χ1v) is 10.8. The van der Waals surface area contributed by atoms with Gasteiger partial charge in [0.05, 0.1) is 28.0 Å². The molecule has 4 rings (SSSR count). The summed E-state index contributed by atoms with van der Waals surface area (Å²) < 4.78 is 21.7. The van der Waals surface area contributed by atoms with Crippen LogP contribution in [0.3, 0.4) is 0 Å². The van der Waals surface area contributed by atoms with Crippen LogP contribution in [0.4, 0.5) is 5.69 Å². The molecule has 0 saturated heterocycles. The van der Waals surface area contributed by atoms with Gasteiger partial charge in [0.2, 0.25) is 11.2 Å². The minimum Gasteiger partial charge on any atom is -0.462 e. The highest BCUT2D eigenvalue weighted by atomic mass is 16.6. The molecule has 0 fully saturated rings. The second-order valence-corrected chi connectivity index (χ2v) is 7.51. The Bertz CT molecular complexity index is 1520. The average Bonchev–Trinajstić information content (AvgIpc) is 2.87. The van der Waals surface area contributed by atoms with Crippen LogP contribution in [0.2, 0.25) is 0 Å². The van der Waals surface area contributed by atoms with Crippen LogP contribution in [0.5, 0.6) is 17.2 Å². The van der Waals surface area contributed by atoms with Crippen LogP contribution in [0.1, 0.15) is 33.4 Å². The van der Waals surface area contributed by atoms with Crippen LogP contribution in [0.25, 0.3) is 11.0 Å². The number of aryl methyl sites for hydroxylation is 1. The number of carbonyl (C=O) groups is 2. The fraction of sp³-hybridized carbons (Fsp3) is 0.115. The van der Waals surface area contributed by atoms with Gasteiger partial charge in [0.1, 0.15) is 22.8 Å². The van der Waals surface area contributed by atoms with E-state index in [1.54, 1.807) is 13.8 Å². The van der Waals surface area contributed by atoms with Gasteiger partial charge in [-0.3, -0.25) is 14.9 Å². The Balaban J connectivity index is 1.55. The largest absolute Gasteiger partial charge is 0.462 e. The molecule has 0 unspecified atom stereocenters. The van der Waals surface area contributed by atoms with Gasteiger partial charge in [0.25, 0.3) is 5.69 Å². The highest BCUT2D eigenvalue weighted by Gasteiger charge is 2.17. The van der Waals surface area contributed by atoms with E-state index in [9.17, 15) is 24.5 Å². The Labute approximate surface area is 203 Å². The Kier molecular flexibility index (Phi) is 6.77. The fourth-order valence-corrected chi connectivity index (χ4v) is 3.33. The van der Waals surface area contributed by atoms with Gasteiger partial charge in [-0.15, -0.1) is 0 Å². The Morgan fingerprint density at radius 3 is 2.17 bits per heavy atom. The molecule has 0 saturated carbocycles. The van der Waals surface area contributed by atoms with Crippen LogP contribution in [-0.2, 0) is 4.74 Å². The van der Waals surface area contributed by atoms with Crippen LogP contribution in [0, 0.1) is 17.0 Å². The topological polar surface area (TPSA) is 135 Å². The Morgan fingerprint density at radius 2 is 1.53 bits per heavy atom. The first-order valence-electron chi connectivity index (χ1n) is 10.8. The third-order valence-electron chi connectivity index (χ3n) is 5.10. The molecule has 0 spiro atoms. The van der Waals surface area contributed by atoms with E-state index in [-0.39, 0.29) is 46.1 Å². The summed E-state index contributed by atoms with van der Waals surface area (Å²) in [6.45, 7) is 3.52. The number of ether oxygens (including phenoxy) is 3. The molecule has 36 heavy (non-hydrogen) atoms. The van der Waals surface area contributed by atoms with E-state index in [1.165, 1.54) is 66.7 Å². The summed E-state index contributed by atoms with van der Waals surface area (Å²) in [5.41, 5.74) is 0.0637. The van der Waals surface area contributed by atoms with Crippen LogP contribution in [0.15, 0.2) is 75.9 Å². The molecular weight excluding hydrogens is 470 g/mol. The monoisotopic (exact) mass is 489 g/mol. The molecule has 3 aromatic carbocycles. The summed E-state index contributed by atoms with van der Waals surface area (Å²) in [6, 6.07) is 15.4. The lowest BCUT2D eigenvalue weighted by atomic mass is 10.2. The molecule has 10 heteroatoms. The Morgan fingerprint density at radius 1 is 0.917 bits per heavy atom. The highest BCUT2D eigenvalue weighted by molar-refractivity contribution is 5.92. The predicted octanol–water partition coefficient (Wildman–Crippen LogP) is 5.20. The zero-order valence-corrected chi connectivity index (χ0v) is 19.2. The Hall–Kier alpha value is -4.99. The number of benzene rings is 3. The second kappa shape index (κ2) is 10.1. The first kappa shape index (κ1) is 24.1. The number of rotatable bonds is 7. The molecule has 0 atom stereocenters. The third kappa shape index (κ3) is 5.07. The molecule has 0 radical (unpaired) electrons. The van der Waals surface area contributed by atoms with Gasteiger partial charge in [-0.2, -0.15) is 0 Å². The van der Waals surface area contributed by atoms with E-state index in [4.69, 9.17) is 18.6 Å². The number of fused-ring (bicyclic) bond motifs is 1. The maximum atomic E-state index is 13.0. The first-order chi connectivity index (χ1) is 17.3. The molecule has 0 aliphatic carbocycles. The van der Waals surface area contributed by atoms with Crippen molar-refractivity contribution in [3.05, 3.63) is 104 Å². The minimum absolute atomic E-state index is 0.0259. The third-order valence-corrected chi connectivity index (χ3v) is 5.10. The standard InChI is InChI=1S/C26H19NO9/c1-3-33-25(29)16-6-10-19(11-7-16)35-24-15(2)34-22-14-20(12-13-21(22)23(24)28)36-26(30)17-4-8-18(9-5-17)27(31)32/h4-14H,3H2,1-2H3. The second-order valence-electron chi connectivity index (χ2n) is 7.51. The lowest BCUT2D eigenvalue weighted by Gasteiger charge is -2.10. The summed E-state index contributed by atoms with van der Waals surface area (Å²) in [5.74, 6) is -0.573. The summed E-state index contributed by atoms with van der Waals surface area (Å²) in [7, 11) is 0.